The number of aliphatic hydroxyl groups is 1. The lowest BCUT2D eigenvalue weighted by atomic mass is 9.95. The van der Waals surface area contributed by atoms with Gasteiger partial charge < -0.3 is 14.7 Å². The maximum Gasteiger partial charge on any atom is 0.295 e. The number of nitrogens with zero attached hydrogens (tertiary/aromatic N) is 3. The molecule has 0 aromatic heterocycles. The minimum absolute atomic E-state index is 0.0698. The number of carbonyl (C=O) groups is 2. The zero-order valence-electron chi connectivity index (χ0n) is 20.8. The Morgan fingerprint density at radius 1 is 1.08 bits per heavy atom. The first-order valence-corrected chi connectivity index (χ1v) is 13.4. The number of Topliss-reactive ketones (excluding diaryl/α,β-unsaturated/α-hetero) is 1. The van der Waals surface area contributed by atoms with E-state index in [0.29, 0.717) is 31.7 Å². The van der Waals surface area contributed by atoms with Crippen LogP contribution in [0.1, 0.15) is 23.6 Å². The number of halogens is 1. The largest absolute Gasteiger partial charge is 0.507 e. The summed E-state index contributed by atoms with van der Waals surface area (Å²) in [6.07, 6.45) is 0.585. The topological polar surface area (TPSA) is 107 Å². The van der Waals surface area contributed by atoms with E-state index in [2.05, 4.69) is 4.90 Å². The highest BCUT2D eigenvalue weighted by molar-refractivity contribution is 7.89. The molecule has 2 saturated heterocycles. The first-order chi connectivity index (χ1) is 17.6. The van der Waals surface area contributed by atoms with E-state index < -0.39 is 39.3 Å². The number of amides is 1. The number of sulfonamides is 1. The van der Waals surface area contributed by atoms with Crippen LogP contribution in [-0.2, 0) is 24.3 Å². The van der Waals surface area contributed by atoms with Crippen LogP contribution < -0.4 is 0 Å². The first kappa shape index (κ1) is 26.9. The fraction of sp³-hybridized carbons (Fsp3) is 0.385. The second-order valence-corrected chi connectivity index (χ2v) is 11.3. The molecule has 9 nitrogen and oxygen atoms in total. The molecule has 0 saturated carbocycles. The van der Waals surface area contributed by atoms with Crippen molar-refractivity contribution in [3.05, 3.63) is 71.0 Å². The van der Waals surface area contributed by atoms with E-state index in [9.17, 15) is 27.5 Å². The van der Waals surface area contributed by atoms with Gasteiger partial charge in [-0.3, -0.25) is 14.5 Å². The van der Waals surface area contributed by atoms with Gasteiger partial charge in [-0.15, -0.1) is 0 Å². The number of aliphatic hydroxyl groups excluding tert-OH is 1. The molecule has 2 aliphatic rings. The molecule has 2 heterocycles. The van der Waals surface area contributed by atoms with Crippen LogP contribution in [-0.4, -0.2) is 92.8 Å². The van der Waals surface area contributed by atoms with E-state index in [0.717, 1.165) is 17.4 Å². The maximum atomic E-state index is 13.7. The molecule has 11 heteroatoms. The average molecular weight is 532 g/mol. The van der Waals surface area contributed by atoms with Crippen LogP contribution in [0.2, 0.25) is 0 Å². The Morgan fingerprint density at radius 2 is 1.76 bits per heavy atom. The number of carbonyl (C=O) groups excluding carboxylic acids is 2. The lowest BCUT2D eigenvalue weighted by molar-refractivity contribution is -0.140. The summed E-state index contributed by atoms with van der Waals surface area (Å²) in [5, 5.41) is 11.2. The van der Waals surface area contributed by atoms with Crippen LogP contribution >= 0.6 is 0 Å². The van der Waals surface area contributed by atoms with Crippen molar-refractivity contribution in [1.82, 2.24) is 14.1 Å². The van der Waals surface area contributed by atoms with Crippen molar-refractivity contribution in [2.24, 2.45) is 0 Å². The van der Waals surface area contributed by atoms with Crippen molar-refractivity contribution >= 4 is 27.5 Å². The minimum Gasteiger partial charge on any atom is -0.507 e. The van der Waals surface area contributed by atoms with Crippen LogP contribution in [0.15, 0.2) is 59.0 Å². The molecule has 2 aromatic carbocycles. The first-order valence-electron chi connectivity index (χ1n) is 12.0. The van der Waals surface area contributed by atoms with E-state index in [-0.39, 0.29) is 22.6 Å². The maximum absolute atomic E-state index is 13.7. The minimum atomic E-state index is -3.80. The molecule has 4 rings (SSSR count). The Balaban J connectivity index is 1.72. The summed E-state index contributed by atoms with van der Waals surface area (Å²) in [7, 11) is -1.03. The fourth-order valence-corrected chi connectivity index (χ4v) is 5.51. The fourth-order valence-electron chi connectivity index (χ4n) is 4.56. The van der Waals surface area contributed by atoms with Crippen molar-refractivity contribution in [1.29, 1.82) is 0 Å². The average Bonchev–Trinajstić information content (AvgIpc) is 3.14. The van der Waals surface area contributed by atoms with Crippen LogP contribution in [0.4, 0.5) is 4.39 Å². The summed E-state index contributed by atoms with van der Waals surface area (Å²) in [6, 6.07) is 10.0. The molecule has 2 fully saturated rings. The number of benzene rings is 2. The van der Waals surface area contributed by atoms with Gasteiger partial charge in [-0.2, -0.15) is 0 Å². The van der Waals surface area contributed by atoms with Gasteiger partial charge in [0.05, 0.1) is 29.7 Å². The molecular weight excluding hydrogens is 501 g/mol. The normalized spacial score (nSPS) is 20.6. The molecule has 0 radical (unpaired) electrons. The van der Waals surface area contributed by atoms with Crippen molar-refractivity contribution in [2.75, 3.05) is 53.5 Å². The monoisotopic (exact) mass is 531 g/mol. The second-order valence-electron chi connectivity index (χ2n) is 9.17. The Morgan fingerprint density at radius 3 is 2.41 bits per heavy atom. The number of ether oxygens (including phenoxy) is 1. The van der Waals surface area contributed by atoms with E-state index in [1.165, 1.54) is 67.5 Å². The molecule has 2 aromatic rings. The molecule has 0 spiro atoms. The third kappa shape index (κ3) is 5.59. The summed E-state index contributed by atoms with van der Waals surface area (Å²) in [5.41, 5.74) is 0.384. The number of ketones is 1. The summed E-state index contributed by atoms with van der Waals surface area (Å²) in [5.74, 6) is -2.61. The van der Waals surface area contributed by atoms with Gasteiger partial charge >= 0.3 is 0 Å². The quantitative estimate of drug-likeness (QED) is 0.316. The van der Waals surface area contributed by atoms with Crippen molar-refractivity contribution in [3.63, 3.8) is 0 Å². The van der Waals surface area contributed by atoms with Crippen LogP contribution in [0, 0.1) is 5.82 Å². The predicted molar refractivity (Wildman–Crippen MR) is 135 cm³/mol. The third-order valence-electron chi connectivity index (χ3n) is 6.59. The van der Waals surface area contributed by atoms with E-state index in [1.54, 1.807) is 0 Å². The zero-order chi connectivity index (χ0) is 26.7. The molecular formula is C26H30FN3O6S. The molecule has 0 bridgehead atoms. The highest BCUT2D eigenvalue weighted by Gasteiger charge is 2.46. The number of rotatable bonds is 8. The standard InChI is InChI=1S/C26H30FN3O6S/c1-28(2)37(34,35)21-6-3-5-19(17-21)24(31)22-23(18-7-9-20(27)10-8-18)30(26(33)25(22)32)12-4-11-29-13-15-36-16-14-29/h3,5-10,17,23,31H,4,11-16H2,1-2H3/t23-/m1/s1. The molecule has 37 heavy (non-hydrogen) atoms. The summed E-state index contributed by atoms with van der Waals surface area (Å²) >= 11 is 0. The van der Waals surface area contributed by atoms with Crippen molar-refractivity contribution in [2.45, 2.75) is 17.4 Å². The van der Waals surface area contributed by atoms with Gasteiger partial charge in [-0.1, -0.05) is 24.3 Å². The third-order valence-corrected chi connectivity index (χ3v) is 8.40. The van der Waals surface area contributed by atoms with Gasteiger partial charge in [0, 0.05) is 45.8 Å². The number of hydrogen-bond acceptors (Lipinski definition) is 7. The number of hydrogen-bond donors (Lipinski definition) is 1. The summed E-state index contributed by atoms with van der Waals surface area (Å²) < 4.78 is 45.3. The molecule has 0 aliphatic carbocycles. The number of morpholine rings is 1. The van der Waals surface area contributed by atoms with Gasteiger partial charge in [0.2, 0.25) is 10.0 Å². The van der Waals surface area contributed by atoms with Crippen molar-refractivity contribution < 1.29 is 32.2 Å². The Hall–Kier alpha value is -3.12. The smallest absolute Gasteiger partial charge is 0.295 e. The van der Waals surface area contributed by atoms with E-state index >= 15 is 0 Å². The van der Waals surface area contributed by atoms with Gasteiger partial charge in [0.1, 0.15) is 11.6 Å². The van der Waals surface area contributed by atoms with Gasteiger partial charge in [-0.25, -0.2) is 17.1 Å². The molecule has 0 unspecified atom stereocenters. The van der Waals surface area contributed by atoms with Gasteiger partial charge in [0.25, 0.3) is 11.7 Å². The lowest BCUT2D eigenvalue weighted by Crippen LogP contribution is -2.38. The van der Waals surface area contributed by atoms with Gasteiger partial charge in [0.15, 0.2) is 0 Å². The molecule has 198 valence electrons. The predicted octanol–water partition coefficient (Wildman–Crippen LogP) is 2.22. The summed E-state index contributed by atoms with van der Waals surface area (Å²) in [6.45, 7) is 3.80. The number of likely N-dealkylation sites (tertiary alicyclic amines) is 1. The highest BCUT2D eigenvalue weighted by Crippen LogP contribution is 2.39. The molecule has 1 atom stereocenters. The van der Waals surface area contributed by atoms with E-state index in [1.807, 2.05) is 0 Å². The highest BCUT2D eigenvalue weighted by atomic mass is 32.2. The SMILES string of the molecule is CN(C)S(=O)(=O)c1cccc(C(O)=C2C(=O)C(=O)N(CCCN3CCOCC3)[C@@H]2c2ccc(F)cc2)c1. The van der Waals surface area contributed by atoms with Crippen LogP contribution in [0.25, 0.3) is 5.76 Å². The lowest BCUT2D eigenvalue weighted by Gasteiger charge is -2.29. The van der Waals surface area contributed by atoms with Gasteiger partial charge in [-0.05, 0) is 36.2 Å². The Bertz CT molecular complexity index is 1300. The molecule has 1 N–H and O–H groups in total. The summed E-state index contributed by atoms with van der Waals surface area (Å²) in [4.78, 5) is 29.9. The zero-order valence-corrected chi connectivity index (χ0v) is 21.6. The Kier molecular flexibility index (Phi) is 8.08. The second kappa shape index (κ2) is 11.1. The molecule has 1 amide bonds. The van der Waals surface area contributed by atoms with Crippen LogP contribution in [0.5, 0.6) is 0 Å². The van der Waals surface area contributed by atoms with Crippen molar-refractivity contribution in [3.8, 4) is 0 Å². The Labute approximate surface area is 215 Å². The van der Waals surface area contributed by atoms with E-state index in [4.69, 9.17) is 4.74 Å². The van der Waals surface area contributed by atoms with Crippen LogP contribution in [0.3, 0.4) is 0 Å². The molecule has 2 aliphatic heterocycles.